The number of carbonyl (C=O) groups excluding carboxylic acids is 1. The first kappa shape index (κ1) is 21.6. The van der Waals surface area contributed by atoms with Crippen LogP contribution in [0.25, 0.3) is 0 Å². The smallest absolute Gasteiger partial charge is 0.263 e. The van der Waals surface area contributed by atoms with E-state index in [-0.39, 0.29) is 5.91 Å². The Morgan fingerprint density at radius 2 is 1.90 bits per heavy atom. The molecule has 2 aromatic carbocycles. The Bertz CT molecular complexity index is 1050. The van der Waals surface area contributed by atoms with E-state index in [0.717, 1.165) is 16.8 Å². The van der Waals surface area contributed by atoms with Crippen LogP contribution in [0, 0.1) is 20.8 Å². The summed E-state index contributed by atoms with van der Waals surface area (Å²) in [6.07, 6.45) is 0. The van der Waals surface area contributed by atoms with Crippen molar-refractivity contribution < 1.29 is 14.3 Å². The summed E-state index contributed by atoms with van der Waals surface area (Å²) in [4.78, 5) is 17.8. The average molecular weight is 426 g/mol. The third-order valence-electron chi connectivity index (χ3n) is 4.61. The molecule has 0 saturated heterocycles. The van der Waals surface area contributed by atoms with Gasteiger partial charge in [-0.2, -0.15) is 0 Å². The van der Waals surface area contributed by atoms with Crippen LogP contribution in [0.2, 0.25) is 0 Å². The van der Waals surface area contributed by atoms with Crippen molar-refractivity contribution >= 4 is 28.1 Å². The topological polar surface area (TPSA) is 72.5 Å². The van der Waals surface area contributed by atoms with Gasteiger partial charge in [0.25, 0.3) is 5.91 Å². The molecule has 158 valence electrons. The molecule has 30 heavy (non-hydrogen) atoms. The maximum Gasteiger partial charge on any atom is 0.263 e. The summed E-state index contributed by atoms with van der Waals surface area (Å²) < 4.78 is 10.9. The Labute approximate surface area is 181 Å². The van der Waals surface area contributed by atoms with Crippen molar-refractivity contribution in [1.29, 1.82) is 0 Å². The second-order valence-electron chi connectivity index (χ2n) is 6.98. The van der Waals surface area contributed by atoms with Gasteiger partial charge in [-0.25, -0.2) is 4.98 Å². The SMILES string of the molecule is CCOc1cc(CNC(=O)c2sc(Nc3ccc(C)cc3C)nc2C)ccc1OC. The van der Waals surface area contributed by atoms with E-state index in [9.17, 15) is 4.79 Å². The highest BCUT2D eigenvalue weighted by molar-refractivity contribution is 7.17. The molecule has 0 aliphatic rings. The first-order valence-electron chi connectivity index (χ1n) is 9.81. The third-order valence-corrected chi connectivity index (χ3v) is 5.68. The minimum atomic E-state index is -0.146. The Morgan fingerprint density at radius 3 is 2.60 bits per heavy atom. The monoisotopic (exact) mass is 425 g/mol. The molecule has 0 spiro atoms. The van der Waals surface area contributed by atoms with Crippen LogP contribution in [-0.4, -0.2) is 24.6 Å². The largest absolute Gasteiger partial charge is 0.493 e. The molecular formula is C23H27N3O3S. The summed E-state index contributed by atoms with van der Waals surface area (Å²) in [5.74, 6) is 1.19. The van der Waals surface area contributed by atoms with Crippen LogP contribution in [0.1, 0.15) is 39.0 Å². The zero-order valence-corrected chi connectivity index (χ0v) is 18.8. The standard InChI is InChI=1S/C23H27N3O3S/c1-6-29-20-12-17(8-10-19(20)28-5)13-24-22(27)21-16(4)25-23(30-21)26-18-9-7-14(2)11-15(18)3/h7-12H,6,13H2,1-5H3,(H,24,27)(H,25,26). The summed E-state index contributed by atoms with van der Waals surface area (Å²) in [5.41, 5.74) is 4.97. The Kier molecular flexibility index (Phi) is 6.95. The van der Waals surface area contributed by atoms with Gasteiger partial charge in [0, 0.05) is 12.2 Å². The summed E-state index contributed by atoms with van der Waals surface area (Å²) >= 11 is 1.35. The van der Waals surface area contributed by atoms with Gasteiger partial charge in [0.05, 0.1) is 19.4 Å². The van der Waals surface area contributed by atoms with E-state index < -0.39 is 0 Å². The van der Waals surface area contributed by atoms with Crippen LogP contribution in [0.15, 0.2) is 36.4 Å². The van der Waals surface area contributed by atoms with Crippen molar-refractivity contribution in [1.82, 2.24) is 10.3 Å². The maximum absolute atomic E-state index is 12.7. The van der Waals surface area contributed by atoms with Gasteiger partial charge in [-0.1, -0.05) is 35.1 Å². The predicted octanol–water partition coefficient (Wildman–Crippen LogP) is 5.15. The first-order chi connectivity index (χ1) is 14.4. The van der Waals surface area contributed by atoms with Crippen molar-refractivity contribution in [2.24, 2.45) is 0 Å². The fourth-order valence-electron chi connectivity index (χ4n) is 3.09. The molecule has 0 radical (unpaired) electrons. The number of nitrogens with one attached hydrogen (secondary N) is 2. The highest BCUT2D eigenvalue weighted by atomic mass is 32.1. The van der Waals surface area contributed by atoms with Gasteiger partial charge in [-0.05, 0) is 57.0 Å². The first-order valence-corrected chi connectivity index (χ1v) is 10.6. The lowest BCUT2D eigenvalue weighted by atomic mass is 10.1. The number of methoxy groups -OCH3 is 1. The lowest BCUT2D eigenvalue weighted by Crippen LogP contribution is -2.22. The molecule has 6 nitrogen and oxygen atoms in total. The molecule has 0 saturated carbocycles. The molecule has 3 aromatic rings. The molecule has 3 rings (SSSR count). The quantitative estimate of drug-likeness (QED) is 0.522. The van der Waals surface area contributed by atoms with Crippen LogP contribution in [-0.2, 0) is 6.54 Å². The molecule has 0 bridgehead atoms. The molecule has 1 amide bonds. The number of amides is 1. The van der Waals surface area contributed by atoms with E-state index in [0.29, 0.717) is 40.4 Å². The normalized spacial score (nSPS) is 10.6. The fourth-order valence-corrected chi connectivity index (χ4v) is 3.99. The fraction of sp³-hybridized carbons (Fsp3) is 0.304. The van der Waals surface area contributed by atoms with Crippen LogP contribution >= 0.6 is 11.3 Å². The number of thiazole rings is 1. The van der Waals surface area contributed by atoms with E-state index in [1.54, 1.807) is 7.11 Å². The van der Waals surface area contributed by atoms with E-state index in [1.165, 1.54) is 16.9 Å². The number of nitrogens with zero attached hydrogens (tertiary/aromatic N) is 1. The van der Waals surface area contributed by atoms with Crippen LogP contribution < -0.4 is 20.1 Å². The van der Waals surface area contributed by atoms with Gasteiger partial charge >= 0.3 is 0 Å². The van der Waals surface area contributed by atoms with Gasteiger partial charge in [0.15, 0.2) is 16.6 Å². The number of anilines is 2. The zero-order chi connectivity index (χ0) is 21.7. The maximum atomic E-state index is 12.7. The predicted molar refractivity (Wildman–Crippen MR) is 121 cm³/mol. The van der Waals surface area contributed by atoms with Crippen molar-refractivity contribution in [3.8, 4) is 11.5 Å². The number of carbonyl (C=O) groups is 1. The second-order valence-corrected chi connectivity index (χ2v) is 7.98. The highest BCUT2D eigenvalue weighted by Gasteiger charge is 2.16. The number of rotatable bonds is 8. The summed E-state index contributed by atoms with van der Waals surface area (Å²) in [7, 11) is 1.61. The van der Waals surface area contributed by atoms with Crippen molar-refractivity contribution in [2.45, 2.75) is 34.2 Å². The van der Waals surface area contributed by atoms with E-state index >= 15 is 0 Å². The van der Waals surface area contributed by atoms with Gasteiger partial charge in [0.1, 0.15) is 4.88 Å². The number of hydrogen-bond donors (Lipinski definition) is 2. The Morgan fingerprint density at radius 1 is 1.10 bits per heavy atom. The average Bonchev–Trinajstić information content (AvgIpc) is 3.09. The minimum Gasteiger partial charge on any atom is -0.493 e. The molecule has 0 aliphatic carbocycles. The van der Waals surface area contributed by atoms with Crippen molar-refractivity contribution in [3.05, 3.63) is 63.7 Å². The molecule has 1 aromatic heterocycles. The van der Waals surface area contributed by atoms with E-state index in [4.69, 9.17) is 9.47 Å². The summed E-state index contributed by atoms with van der Waals surface area (Å²) in [6, 6.07) is 11.8. The summed E-state index contributed by atoms with van der Waals surface area (Å²) in [6.45, 7) is 8.81. The van der Waals surface area contributed by atoms with E-state index in [1.807, 2.05) is 38.1 Å². The van der Waals surface area contributed by atoms with Gasteiger partial charge in [-0.3, -0.25) is 4.79 Å². The highest BCUT2D eigenvalue weighted by Crippen LogP contribution is 2.29. The molecule has 1 heterocycles. The Hall–Kier alpha value is -3.06. The lowest BCUT2D eigenvalue weighted by molar-refractivity contribution is 0.0954. The van der Waals surface area contributed by atoms with E-state index in [2.05, 4.69) is 41.6 Å². The molecule has 0 unspecified atom stereocenters. The number of ether oxygens (including phenoxy) is 2. The van der Waals surface area contributed by atoms with Crippen molar-refractivity contribution in [3.63, 3.8) is 0 Å². The summed E-state index contributed by atoms with van der Waals surface area (Å²) in [5, 5.41) is 6.99. The van der Waals surface area contributed by atoms with Crippen molar-refractivity contribution in [2.75, 3.05) is 19.0 Å². The van der Waals surface area contributed by atoms with Gasteiger partial charge in [0.2, 0.25) is 0 Å². The molecule has 0 fully saturated rings. The molecule has 2 N–H and O–H groups in total. The van der Waals surface area contributed by atoms with Gasteiger partial charge < -0.3 is 20.1 Å². The molecule has 0 aliphatic heterocycles. The van der Waals surface area contributed by atoms with Crippen LogP contribution in [0.4, 0.5) is 10.8 Å². The molecule has 7 heteroatoms. The number of benzene rings is 2. The lowest BCUT2D eigenvalue weighted by Gasteiger charge is -2.11. The number of hydrogen-bond acceptors (Lipinski definition) is 6. The third kappa shape index (κ3) is 5.10. The van der Waals surface area contributed by atoms with Gasteiger partial charge in [-0.15, -0.1) is 0 Å². The minimum absolute atomic E-state index is 0.146. The number of aryl methyl sites for hydroxylation is 3. The number of aromatic nitrogens is 1. The van der Waals surface area contributed by atoms with Crippen LogP contribution in [0.3, 0.4) is 0 Å². The molecular weight excluding hydrogens is 398 g/mol. The molecule has 0 atom stereocenters. The Balaban J connectivity index is 1.68. The van der Waals surface area contributed by atoms with Crippen LogP contribution in [0.5, 0.6) is 11.5 Å². The second kappa shape index (κ2) is 9.63. The zero-order valence-electron chi connectivity index (χ0n) is 18.0.